The molecule has 0 bridgehead atoms. The quantitative estimate of drug-likeness (QED) is 0.923. The summed E-state index contributed by atoms with van der Waals surface area (Å²) in [7, 11) is 0. The number of amides is 1. The zero-order chi connectivity index (χ0) is 13.6. The Morgan fingerprint density at radius 2 is 2.15 bits per heavy atom. The van der Waals surface area contributed by atoms with E-state index in [0.717, 1.165) is 25.3 Å². The lowest BCUT2D eigenvalue weighted by atomic mass is 10.0. The molecular weight excluding hydrogens is 268 g/mol. The van der Waals surface area contributed by atoms with Crippen LogP contribution < -0.4 is 5.32 Å². The monoisotopic (exact) mass is 290 g/mol. The van der Waals surface area contributed by atoms with Gasteiger partial charge in [0.05, 0.1) is 0 Å². The van der Waals surface area contributed by atoms with Crippen molar-refractivity contribution in [3.05, 3.63) is 22.4 Å². The smallest absolute Gasteiger partial charge is 0.244 e. The largest absolute Gasteiger partial charge is 0.320 e. The number of carbonyl (C=O) groups excluding carboxylic acids is 1. The Kier molecular flexibility index (Phi) is 3.11. The van der Waals surface area contributed by atoms with Crippen molar-refractivity contribution < 1.29 is 4.79 Å². The SMILES string of the molecule is O=C1N(CCC2CCCC2)C(c2cccs2)NC12CC2. The van der Waals surface area contributed by atoms with Crippen molar-refractivity contribution in [2.45, 2.75) is 56.7 Å². The van der Waals surface area contributed by atoms with Gasteiger partial charge in [0, 0.05) is 11.4 Å². The van der Waals surface area contributed by atoms with E-state index in [1.165, 1.54) is 37.0 Å². The first-order chi connectivity index (χ1) is 9.78. The third kappa shape index (κ3) is 2.09. The molecular formula is C16H22N2OS. The summed E-state index contributed by atoms with van der Waals surface area (Å²) in [6.07, 6.45) is 8.86. The standard InChI is InChI=1S/C16H22N2OS/c19-15-16(8-9-16)17-14(13-6-3-11-20-13)18(15)10-7-12-4-1-2-5-12/h3,6,11-12,14,17H,1-2,4-5,7-10H2. The minimum Gasteiger partial charge on any atom is -0.320 e. The van der Waals surface area contributed by atoms with E-state index < -0.39 is 0 Å². The number of rotatable bonds is 4. The van der Waals surface area contributed by atoms with Gasteiger partial charge in [-0.15, -0.1) is 11.3 Å². The van der Waals surface area contributed by atoms with E-state index in [9.17, 15) is 4.79 Å². The molecule has 20 heavy (non-hydrogen) atoms. The summed E-state index contributed by atoms with van der Waals surface area (Å²) in [5.74, 6) is 1.21. The Labute approximate surface area is 124 Å². The van der Waals surface area contributed by atoms with E-state index in [-0.39, 0.29) is 11.7 Å². The number of thiophene rings is 1. The topological polar surface area (TPSA) is 32.3 Å². The Balaban J connectivity index is 1.49. The van der Waals surface area contributed by atoms with Crippen LogP contribution in [0.2, 0.25) is 0 Å². The highest BCUT2D eigenvalue weighted by Gasteiger charge is 2.59. The Morgan fingerprint density at radius 1 is 1.35 bits per heavy atom. The minimum atomic E-state index is -0.190. The highest BCUT2D eigenvalue weighted by molar-refractivity contribution is 7.10. The van der Waals surface area contributed by atoms with Gasteiger partial charge in [0.25, 0.3) is 0 Å². The van der Waals surface area contributed by atoms with Gasteiger partial charge in [-0.2, -0.15) is 0 Å². The fourth-order valence-corrected chi connectivity index (χ4v) is 4.59. The summed E-state index contributed by atoms with van der Waals surface area (Å²) in [6.45, 7) is 0.931. The first kappa shape index (κ1) is 12.8. The van der Waals surface area contributed by atoms with Crippen molar-refractivity contribution >= 4 is 17.2 Å². The van der Waals surface area contributed by atoms with E-state index in [0.29, 0.717) is 5.91 Å². The number of nitrogens with zero attached hydrogens (tertiary/aromatic N) is 1. The van der Waals surface area contributed by atoms with Gasteiger partial charge in [0.15, 0.2) is 0 Å². The van der Waals surface area contributed by atoms with Crippen LogP contribution in [0.3, 0.4) is 0 Å². The summed E-state index contributed by atoms with van der Waals surface area (Å²) in [5.41, 5.74) is -0.190. The molecule has 1 atom stereocenters. The molecule has 4 rings (SSSR count). The van der Waals surface area contributed by atoms with Crippen LogP contribution in [0.25, 0.3) is 0 Å². The highest BCUT2D eigenvalue weighted by Crippen LogP contribution is 2.46. The molecule has 1 N–H and O–H groups in total. The minimum absolute atomic E-state index is 0.131. The van der Waals surface area contributed by atoms with Crippen molar-refractivity contribution in [2.24, 2.45) is 5.92 Å². The molecule has 3 fully saturated rings. The van der Waals surface area contributed by atoms with Gasteiger partial charge in [-0.25, -0.2) is 0 Å². The maximum atomic E-state index is 12.7. The van der Waals surface area contributed by atoms with Gasteiger partial charge < -0.3 is 4.90 Å². The van der Waals surface area contributed by atoms with Gasteiger partial charge in [-0.05, 0) is 36.6 Å². The van der Waals surface area contributed by atoms with Crippen molar-refractivity contribution in [3.8, 4) is 0 Å². The zero-order valence-electron chi connectivity index (χ0n) is 11.8. The van der Waals surface area contributed by atoms with Crippen LogP contribution in [0.5, 0.6) is 0 Å². The van der Waals surface area contributed by atoms with Crippen molar-refractivity contribution in [1.29, 1.82) is 0 Å². The second-order valence-corrected chi connectivity index (χ2v) is 7.56. The molecule has 3 nitrogen and oxygen atoms in total. The van der Waals surface area contributed by atoms with Crippen LogP contribution >= 0.6 is 11.3 Å². The molecule has 1 amide bonds. The molecule has 0 aromatic carbocycles. The fourth-order valence-electron chi connectivity index (χ4n) is 3.80. The van der Waals surface area contributed by atoms with E-state index in [1.807, 2.05) is 0 Å². The Bertz CT molecular complexity index is 489. The van der Waals surface area contributed by atoms with Crippen LogP contribution in [-0.2, 0) is 4.79 Å². The molecule has 1 aromatic heterocycles. The number of carbonyl (C=O) groups is 1. The summed E-state index contributed by atoms with van der Waals surface area (Å²) < 4.78 is 0. The van der Waals surface area contributed by atoms with Crippen LogP contribution in [0.1, 0.15) is 56.0 Å². The molecule has 2 saturated carbocycles. The maximum absolute atomic E-state index is 12.7. The summed E-state index contributed by atoms with van der Waals surface area (Å²) in [4.78, 5) is 16.1. The molecule has 3 aliphatic rings. The second-order valence-electron chi connectivity index (χ2n) is 6.58. The fraction of sp³-hybridized carbons (Fsp3) is 0.688. The van der Waals surface area contributed by atoms with E-state index in [2.05, 4.69) is 27.7 Å². The van der Waals surface area contributed by atoms with Gasteiger partial charge in [-0.3, -0.25) is 10.1 Å². The third-order valence-electron chi connectivity index (χ3n) is 5.21. The molecule has 2 aliphatic carbocycles. The lowest BCUT2D eigenvalue weighted by Crippen LogP contribution is -2.33. The first-order valence-electron chi connectivity index (χ1n) is 7.91. The van der Waals surface area contributed by atoms with Crippen LogP contribution in [0, 0.1) is 5.92 Å². The normalized spacial score (nSPS) is 28.7. The summed E-state index contributed by atoms with van der Waals surface area (Å²) in [6, 6.07) is 4.23. The lowest BCUT2D eigenvalue weighted by molar-refractivity contribution is -0.131. The molecule has 1 saturated heterocycles. The average Bonchev–Trinajstić information content (AvgIpc) is 2.90. The molecule has 2 heterocycles. The van der Waals surface area contributed by atoms with E-state index >= 15 is 0 Å². The van der Waals surface area contributed by atoms with E-state index in [1.54, 1.807) is 11.3 Å². The number of hydrogen-bond acceptors (Lipinski definition) is 3. The number of nitrogens with one attached hydrogen (secondary N) is 1. The van der Waals surface area contributed by atoms with Gasteiger partial charge in [0.2, 0.25) is 5.91 Å². The molecule has 1 aromatic rings. The molecule has 1 unspecified atom stereocenters. The van der Waals surface area contributed by atoms with Gasteiger partial charge in [0.1, 0.15) is 11.7 Å². The predicted molar refractivity (Wildman–Crippen MR) is 80.4 cm³/mol. The van der Waals surface area contributed by atoms with Crippen molar-refractivity contribution in [2.75, 3.05) is 6.54 Å². The summed E-state index contributed by atoms with van der Waals surface area (Å²) in [5, 5.41) is 5.71. The number of hydrogen-bond donors (Lipinski definition) is 1. The van der Waals surface area contributed by atoms with Crippen molar-refractivity contribution in [3.63, 3.8) is 0 Å². The molecule has 108 valence electrons. The van der Waals surface area contributed by atoms with E-state index in [4.69, 9.17) is 0 Å². The van der Waals surface area contributed by atoms with Crippen LogP contribution in [-0.4, -0.2) is 22.9 Å². The van der Waals surface area contributed by atoms with Crippen LogP contribution in [0.4, 0.5) is 0 Å². The Morgan fingerprint density at radius 3 is 2.80 bits per heavy atom. The first-order valence-corrected chi connectivity index (χ1v) is 8.79. The zero-order valence-corrected chi connectivity index (χ0v) is 12.6. The molecule has 4 heteroatoms. The van der Waals surface area contributed by atoms with Crippen molar-refractivity contribution in [1.82, 2.24) is 10.2 Å². The highest BCUT2D eigenvalue weighted by atomic mass is 32.1. The lowest BCUT2D eigenvalue weighted by Gasteiger charge is -2.24. The van der Waals surface area contributed by atoms with Crippen LogP contribution in [0.15, 0.2) is 17.5 Å². The Hall–Kier alpha value is -0.870. The molecule has 0 radical (unpaired) electrons. The third-order valence-corrected chi connectivity index (χ3v) is 6.14. The molecule has 1 aliphatic heterocycles. The van der Waals surface area contributed by atoms with Gasteiger partial charge >= 0.3 is 0 Å². The predicted octanol–water partition coefficient (Wildman–Crippen LogP) is 3.29. The average molecular weight is 290 g/mol. The summed E-state index contributed by atoms with van der Waals surface area (Å²) >= 11 is 1.76. The second kappa shape index (κ2) is 4.85. The molecule has 1 spiro atoms. The van der Waals surface area contributed by atoms with Gasteiger partial charge in [-0.1, -0.05) is 31.7 Å². The maximum Gasteiger partial charge on any atom is 0.244 e.